The fourth-order valence-corrected chi connectivity index (χ4v) is 2.43. The van der Waals surface area contributed by atoms with Crippen LogP contribution in [0.2, 0.25) is 0 Å². The molecule has 1 aliphatic carbocycles. The van der Waals surface area contributed by atoms with E-state index in [1.165, 1.54) is 0 Å². The number of rotatable bonds is 2. The monoisotopic (exact) mass is 208 g/mol. The van der Waals surface area contributed by atoms with Crippen molar-refractivity contribution in [3.63, 3.8) is 0 Å². The summed E-state index contributed by atoms with van der Waals surface area (Å²) < 4.78 is 5.10. The van der Waals surface area contributed by atoms with Gasteiger partial charge >= 0.3 is 0 Å². The summed E-state index contributed by atoms with van der Waals surface area (Å²) in [4.78, 5) is 11.8. The summed E-state index contributed by atoms with van der Waals surface area (Å²) in [5.41, 5.74) is 1.99. The second kappa shape index (κ2) is 3.65. The van der Waals surface area contributed by atoms with Crippen molar-refractivity contribution < 1.29 is 9.53 Å². The van der Waals surface area contributed by atoms with Crippen LogP contribution in [-0.2, 0) is 6.42 Å². The molecular formula is C11H12O2S. The van der Waals surface area contributed by atoms with Crippen molar-refractivity contribution in [3.05, 3.63) is 29.3 Å². The standard InChI is InChI=1S/C11H12O2S/c1-13-8-4-3-7-5-10(14-2)11(12)9(7)6-8/h3-4,6,10H,5H2,1-2H3. The molecule has 14 heavy (non-hydrogen) atoms. The zero-order chi connectivity index (χ0) is 10.1. The third kappa shape index (κ3) is 1.42. The zero-order valence-corrected chi connectivity index (χ0v) is 9.06. The quantitative estimate of drug-likeness (QED) is 0.745. The normalized spacial score (nSPS) is 19.6. The lowest BCUT2D eigenvalue weighted by molar-refractivity contribution is 0.1000. The fourth-order valence-electron chi connectivity index (χ4n) is 1.75. The third-order valence-corrected chi connectivity index (χ3v) is 3.51. The molecule has 0 amide bonds. The molecule has 1 unspecified atom stereocenters. The van der Waals surface area contributed by atoms with Gasteiger partial charge in [0.05, 0.1) is 12.4 Å². The van der Waals surface area contributed by atoms with Crippen LogP contribution in [0, 0.1) is 0 Å². The Balaban J connectivity index is 2.40. The smallest absolute Gasteiger partial charge is 0.176 e. The molecule has 0 saturated carbocycles. The van der Waals surface area contributed by atoms with E-state index in [1.807, 2.05) is 24.5 Å². The highest BCUT2D eigenvalue weighted by Gasteiger charge is 2.29. The minimum Gasteiger partial charge on any atom is -0.497 e. The van der Waals surface area contributed by atoms with Crippen molar-refractivity contribution >= 4 is 17.5 Å². The van der Waals surface area contributed by atoms with E-state index in [-0.39, 0.29) is 11.0 Å². The van der Waals surface area contributed by atoms with Crippen molar-refractivity contribution in [1.82, 2.24) is 0 Å². The molecule has 2 nitrogen and oxygen atoms in total. The molecule has 1 aromatic rings. The molecule has 0 fully saturated rings. The number of carbonyl (C=O) groups excluding carboxylic acids is 1. The van der Waals surface area contributed by atoms with Gasteiger partial charge in [0.15, 0.2) is 5.78 Å². The number of ether oxygens (including phenoxy) is 1. The van der Waals surface area contributed by atoms with Crippen LogP contribution in [0.5, 0.6) is 5.75 Å². The first kappa shape index (κ1) is 9.59. The molecule has 0 aromatic heterocycles. The Morgan fingerprint density at radius 1 is 1.50 bits per heavy atom. The largest absolute Gasteiger partial charge is 0.497 e. The second-order valence-corrected chi connectivity index (χ2v) is 4.36. The second-order valence-electron chi connectivity index (χ2n) is 3.32. The molecule has 2 rings (SSSR count). The van der Waals surface area contributed by atoms with Gasteiger partial charge in [0.2, 0.25) is 0 Å². The van der Waals surface area contributed by atoms with E-state index in [9.17, 15) is 4.79 Å². The SMILES string of the molecule is COc1ccc2c(c1)C(=O)C(SC)C2. The molecule has 3 heteroatoms. The third-order valence-electron chi connectivity index (χ3n) is 2.56. The molecule has 0 spiro atoms. The first-order valence-corrected chi connectivity index (χ1v) is 5.79. The van der Waals surface area contributed by atoms with E-state index in [1.54, 1.807) is 18.9 Å². The predicted octanol–water partition coefficient (Wildman–Crippen LogP) is 2.17. The summed E-state index contributed by atoms with van der Waals surface area (Å²) >= 11 is 1.62. The number of carbonyl (C=O) groups is 1. The number of benzene rings is 1. The summed E-state index contributed by atoms with van der Waals surface area (Å²) in [6.07, 6.45) is 2.84. The maximum atomic E-state index is 11.8. The van der Waals surface area contributed by atoms with Crippen molar-refractivity contribution in [2.75, 3.05) is 13.4 Å². The maximum Gasteiger partial charge on any atom is 0.176 e. The van der Waals surface area contributed by atoms with Crippen molar-refractivity contribution in [2.45, 2.75) is 11.7 Å². The van der Waals surface area contributed by atoms with Gasteiger partial charge in [-0.1, -0.05) is 6.07 Å². The average Bonchev–Trinajstić information content (AvgIpc) is 2.55. The molecule has 1 aromatic carbocycles. The predicted molar refractivity (Wildman–Crippen MR) is 58.3 cm³/mol. The van der Waals surface area contributed by atoms with Crippen LogP contribution in [0.15, 0.2) is 18.2 Å². The molecule has 1 aliphatic rings. The van der Waals surface area contributed by atoms with Gasteiger partial charge in [0.25, 0.3) is 0 Å². The van der Waals surface area contributed by atoms with E-state index >= 15 is 0 Å². The number of Topliss-reactive ketones (excluding diaryl/α,β-unsaturated/α-hetero) is 1. The Kier molecular flexibility index (Phi) is 2.50. The van der Waals surface area contributed by atoms with Crippen LogP contribution in [0.1, 0.15) is 15.9 Å². The molecular weight excluding hydrogens is 196 g/mol. The topological polar surface area (TPSA) is 26.3 Å². The highest BCUT2D eigenvalue weighted by molar-refractivity contribution is 8.00. The van der Waals surface area contributed by atoms with Crippen molar-refractivity contribution in [2.24, 2.45) is 0 Å². The molecule has 0 saturated heterocycles. The van der Waals surface area contributed by atoms with E-state index in [0.29, 0.717) is 0 Å². The summed E-state index contributed by atoms with van der Waals surface area (Å²) in [6.45, 7) is 0. The lowest BCUT2D eigenvalue weighted by Crippen LogP contribution is -2.10. The van der Waals surface area contributed by atoms with Gasteiger partial charge in [-0.15, -0.1) is 0 Å². The zero-order valence-electron chi connectivity index (χ0n) is 8.24. The van der Waals surface area contributed by atoms with Gasteiger partial charge in [-0.3, -0.25) is 4.79 Å². The summed E-state index contributed by atoms with van der Waals surface area (Å²) in [5, 5.41) is 0.108. The van der Waals surface area contributed by atoms with Gasteiger partial charge in [-0.25, -0.2) is 0 Å². The summed E-state index contributed by atoms with van der Waals surface area (Å²) in [5.74, 6) is 1.00. The van der Waals surface area contributed by atoms with Gasteiger partial charge in [-0.2, -0.15) is 11.8 Å². The number of hydrogen-bond acceptors (Lipinski definition) is 3. The van der Waals surface area contributed by atoms with E-state index in [0.717, 1.165) is 23.3 Å². The Bertz CT molecular complexity index is 374. The van der Waals surface area contributed by atoms with Gasteiger partial charge in [-0.05, 0) is 30.4 Å². The molecule has 1 atom stereocenters. The molecule has 0 radical (unpaired) electrons. The molecule has 0 heterocycles. The average molecular weight is 208 g/mol. The van der Waals surface area contributed by atoms with E-state index in [4.69, 9.17) is 4.74 Å². The summed E-state index contributed by atoms with van der Waals surface area (Å²) in [6, 6.07) is 5.74. The van der Waals surface area contributed by atoms with Crippen molar-refractivity contribution in [1.29, 1.82) is 0 Å². The fraction of sp³-hybridized carbons (Fsp3) is 0.364. The van der Waals surface area contributed by atoms with Crippen LogP contribution in [0.25, 0.3) is 0 Å². The number of ketones is 1. The number of thioether (sulfide) groups is 1. The van der Waals surface area contributed by atoms with Crippen LogP contribution in [0.4, 0.5) is 0 Å². The summed E-state index contributed by atoms with van der Waals surface area (Å²) in [7, 11) is 1.62. The molecule has 0 bridgehead atoms. The Morgan fingerprint density at radius 2 is 2.29 bits per heavy atom. The highest BCUT2D eigenvalue weighted by Crippen LogP contribution is 2.31. The lowest BCUT2D eigenvalue weighted by Gasteiger charge is -2.01. The molecule has 74 valence electrons. The minimum atomic E-state index is 0.108. The van der Waals surface area contributed by atoms with Crippen LogP contribution in [0.3, 0.4) is 0 Å². The first-order chi connectivity index (χ1) is 6.76. The highest BCUT2D eigenvalue weighted by atomic mass is 32.2. The van der Waals surface area contributed by atoms with Crippen LogP contribution >= 0.6 is 11.8 Å². The van der Waals surface area contributed by atoms with E-state index < -0.39 is 0 Å². The van der Waals surface area contributed by atoms with Gasteiger partial charge < -0.3 is 4.74 Å². The van der Waals surface area contributed by atoms with Crippen LogP contribution < -0.4 is 4.74 Å². The minimum absolute atomic E-state index is 0.108. The Hall–Kier alpha value is -0.960. The Morgan fingerprint density at radius 3 is 2.93 bits per heavy atom. The van der Waals surface area contributed by atoms with Crippen molar-refractivity contribution in [3.8, 4) is 5.75 Å². The first-order valence-electron chi connectivity index (χ1n) is 4.50. The van der Waals surface area contributed by atoms with Crippen LogP contribution in [-0.4, -0.2) is 24.4 Å². The van der Waals surface area contributed by atoms with Gasteiger partial charge in [0.1, 0.15) is 5.75 Å². The van der Waals surface area contributed by atoms with E-state index in [2.05, 4.69) is 0 Å². The Labute approximate surface area is 87.6 Å². The number of hydrogen-bond donors (Lipinski definition) is 0. The maximum absolute atomic E-state index is 11.8. The van der Waals surface area contributed by atoms with Gasteiger partial charge in [0, 0.05) is 5.56 Å². The lowest BCUT2D eigenvalue weighted by atomic mass is 10.1. The molecule has 0 aliphatic heterocycles. The number of fused-ring (bicyclic) bond motifs is 1. The number of methoxy groups -OCH3 is 1. The molecule has 0 N–H and O–H groups in total.